The molecule has 15 nitrogen and oxygen atoms in total. The first kappa shape index (κ1) is 33.4. The van der Waals surface area contributed by atoms with Gasteiger partial charge in [0.1, 0.15) is 49.3 Å². The van der Waals surface area contributed by atoms with E-state index in [-0.39, 0.29) is 30.3 Å². The van der Waals surface area contributed by atoms with Crippen LogP contribution in [-0.2, 0) is 34.9 Å². The van der Waals surface area contributed by atoms with E-state index >= 15 is 0 Å². The number of ether oxygens (including phenoxy) is 5. The smallest absolute Gasteiger partial charge is 0.330 e. The summed E-state index contributed by atoms with van der Waals surface area (Å²) in [5.41, 5.74) is 0.963. The van der Waals surface area contributed by atoms with Crippen molar-refractivity contribution in [3.05, 3.63) is 53.6 Å². The maximum absolute atomic E-state index is 12.5. The number of hydrogen-bond acceptors (Lipinski definition) is 15. The van der Waals surface area contributed by atoms with Crippen LogP contribution in [0.1, 0.15) is 18.1 Å². The number of benzene rings is 2. The molecule has 9 N–H and O–H groups in total. The van der Waals surface area contributed by atoms with Crippen LogP contribution in [-0.4, -0.2) is 127 Å². The third-order valence-electron chi connectivity index (χ3n) is 7.25. The highest BCUT2D eigenvalue weighted by Crippen LogP contribution is 2.31. The maximum Gasteiger partial charge on any atom is 0.330 e. The van der Waals surface area contributed by atoms with E-state index in [4.69, 9.17) is 23.7 Å². The van der Waals surface area contributed by atoms with Gasteiger partial charge < -0.3 is 69.6 Å². The Morgan fingerprint density at radius 3 is 2.14 bits per heavy atom. The van der Waals surface area contributed by atoms with Crippen molar-refractivity contribution >= 4 is 12.0 Å². The molecule has 4 rings (SSSR count). The van der Waals surface area contributed by atoms with E-state index in [9.17, 15) is 50.8 Å². The molecule has 0 aromatic heterocycles. The van der Waals surface area contributed by atoms with Crippen LogP contribution in [0.5, 0.6) is 23.0 Å². The third-order valence-corrected chi connectivity index (χ3v) is 7.25. The zero-order chi connectivity index (χ0) is 32.1. The summed E-state index contributed by atoms with van der Waals surface area (Å²) in [5, 5.41) is 90.6. The Bertz CT molecular complexity index is 1300. The minimum Gasteiger partial charge on any atom is -0.504 e. The number of esters is 1. The molecule has 242 valence electrons. The SMILES string of the molecule is C[C@@H]1O[C@@H](O[C@H]2[C@H](O)[C@@H](O)[C@H](OCCc3ccc(O)c(O)c3)O[C@@H]2COC(=O)/C=C/c2ccc(O)c(O)c2)[C@H](O)[C@H](O)[C@H]1O. The van der Waals surface area contributed by atoms with Crippen molar-refractivity contribution in [3.63, 3.8) is 0 Å². The average molecular weight is 625 g/mol. The van der Waals surface area contributed by atoms with E-state index in [0.717, 1.165) is 6.08 Å². The van der Waals surface area contributed by atoms with Crippen molar-refractivity contribution < 1.29 is 74.4 Å². The molecule has 0 aliphatic carbocycles. The maximum atomic E-state index is 12.5. The van der Waals surface area contributed by atoms with Gasteiger partial charge in [-0.3, -0.25) is 0 Å². The minimum absolute atomic E-state index is 0.0645. The van der Waals surface area contributed by atoms with Gasteiger partial charge in [-0.2, -0.15) is 0 Å². The molecule has 2 aliphatic rings. The number of aliphatic hydroxyl groups is 5. The van der Waals surface area contributed by atoms with Gasteiger partial charge in [0.25, 0.3) is 0 Å². The monoisotopic (exact) mass is 624 g/mol. The lowest BCUT2D eigenvalue weighted by Crippen LogP contribution is -2.64. The first-order chi connectivity index (χ1) is 20.8. The summed E-state index contributed by atoms with van der Waals surface area (Å²) in [5.74, 6) is -2.23. The van der Waals surface area contributed by atoms with Crippen LogP contribution in [0.25, 0.3) is 6.08 Å². The highest BCUT2D eigenvalue weighted by molar-refractivity contribution is 5.87. The molecule has 15 heteroatoms. The molecular weight excluding hydrogens is 588 g/mol. The Morgan fingerprint density at radius 1 is 0.795 bits per heavy atom. The van der Waals surface area contributed by atoms with Crippen LogP contribution < -0.4 is 0 Å². The fourth-order valence-corrected chi connectivity index (χ4v) is 4.66. The summed E-state index contributed by atoms with van der Waals surface area (Å²) in [4.78, 5) is 12.5. The van der Waals surface area contributed by atoms with Crippen LogP contribution in [0, 0.1) is 0 Å². The second kappa shape index (κ2) is 14.5. The number of hydrogen-bond donors (Lipinski definition) is 9. The predicted octanol–water partition coefficient (Wildman–Crippen LogP) is -1.02. The van der Waals surface area contributed by atoms with Gasteiger partial charge in [0.2, 0.25) is 0 Å². The summed E-state index contributed by atoms with van der Waals surface area (Å²) < 4.78 is 27.8. The number of phenolic OH excluding ortho intramolecular Hbond substituents is 4. The molecule has 44 heavy (non-hydrogen) atoms. The zero-order valence-electron chi connectivity index (χ0n) is 23.5. The van der Waals surface area contributed by atoms with Crippen molar-refractivity contribution in [2.24, 2.45) is 0 Å². The average Bonchev–Trinajstić information content (AvgIpc) is 2.99. The number of carbonyl (C=O) groups excluding carboxylic acids is 1. The van der Waals surface area contributed by atoms with Gasteiger partial charge in [0.05, 0.1) is 12.7 Å². The number of phenols is 4. The van der Waals surface area contributed by atoms with E-state index in [1.807, 2.05) is 0 Å². The van der Waals surface area contributed by atoms with Crippen molar-refractivity contribution in [1.82, 2.24) is 0 Å². The van der Waals surface area contributed by atoms with E-state index in [1.54, 1.807) is 6.07 Å². The molecule has 2 heterocycles. The standard InChI is InChI=1S/C29H36O15/c1-13-22(35)23(36)25(38)29(42-13)44-27-20(12-41-21(34)7-4-14-2-5-16(30)18(32)10-14)43-28(26(39)24(27)37)40-9-8-15-3-6-17(31)19(33)11-15/h2-7,10-11,13,20,22-33,35-39H,8-9,12H2,1H3/b7-4+/t13-,20+,22-,23+,24+,25+,26+,27+,28+,29-/m0/s1. The normalized spacial score (nSPS) is 32.5. The lowest BCUT2D eigenvalue weighted by Gasteiger charge is -2.45. The van der Waals surface area contributed by atoms with E-state index in [0.29, 0.717) is 11.1 Å². The van der Waals surface area contributed by atoms with Crippen molar-refractivity contribution in [2.45, 2.75) is 74.8 Å². The third kappa shape index (κ3) is 7.95. The Morgan fingerprint density at radius 2 is 1.45 bits per heavy atom. The fraction of sp³-hybridized carbons (Fsp3) is 0.483. The Hall–Kier alpha value is -3.51. The molecular formula is C29H36O15. The topological polar surface area (TPSA) is 245 Å². The summed E-state index contributed by atoms with van der Waals surface area (Å²) in [6, 6.07) is 8.05. The molecule has 0 saturated carbocycles. The van der Waals surface area contributed by atoms with E-state index < -0.39 is 79.7 Å². The molecule has 0 bridgehead atoms. The summed E-state index contributed by atoms with van der Waals surface area (Å²) in [7, 11) is 0. The van der Waals surface area contributed by atoms with Gasteiger partial charge >= 0.3 is 5.97 Å². The molecule has 2 saturated heterocycles. The van der Waals surface area contributed by atoms with E-state index in [1.165, 1.54) is 43.3 Å². The van der Waals surface area contributed by atoms with Gasteiger partial charge in [-0.05, 0) is 54.8 Å². The van der Waals surface area contributed by atoms with Crippen molar-refractivity contribution in [3.8, 4) is 23.0 Å². The minimum atomic E-state index is -1.74. The number of rotatable bonds is 10. The number of aromatic hydroxyl groups is 4. The second-order valence-electron chi connectivity index (χ2n) is 10.5. The zero-order valence-corrected chi connectivity index (χ0v) is 23.5. The molecule has 0 amide bonds. The second-order valence-corrected chi connectivity index (χ2v) is 10.5. The molecule has 0 spiro atoms. The van der Waals surface area contributed by atoms with Crippen LogP contribution in [0.2, 0.25) is 0 Å². The number of aliphatic hydroxyl groups excluding tert-OH is 5. The van der Waals surface area contributed by atoms with Crippen molar-refractivity contribution in [2.75, 3.05) is 13.2 Å². The van der Waals surface area contributed by atoms with Crippen LogP contribution in [0.4, 0.5) is 0 Å². The van der Waals surface area contributed by atoms with E-state index in [2.05, 4.69) is 0 Å². The highest BCUT2D eigenvalue weighted by Gasteiger charge is 2.50. The Labute approximate surface area is 251 Å². The molecule has 2 aliphatic heterocycles. The highest BCUT2D eigenvalue weighted by atomic mass is 16.7. The molecule has 2 aromatic rings. The van der Waals surface area contributed by atoms with Gasteiger partial charge in [0.15, 0.2) is 35.6 Å². The van der Waals surface area contributed by atoms with Crippen LogP contribution in [0.3, 0.4) is 0 Å². The molecule has 0 unspecified atom stereocenters. The largest absolute Gasteiger partial charge is 0.504 e. The molecule has 0 radical (unpaired) electrons. The summed E-state index contributed by atoms with van der Waals surface area (Å²) in [6.07, 6.45) is -12.5. The molecule has 10 atom stereocenters. The predicted molar refractivity (Wildman–Crippen MR) is 147 cm³/mol. The van der Waals surface area contributed by atoms with Crippen LogP contribution >= 0.6 is 0 Å². The summed E-state index contributed by atoms with van der Waals surface area (Å²) in [6.45, 7) is 0.814. The quantitative estimate of drug-likeness (QED) is 0.0873. The molecule has 2 fully saturated rings. The van der Waals surface area contributed by atoms with Crippen molar-refractivity contribution in [1.29, 1.82) is 0 Å². The first-order valence-electron chi connectivity index (χ1n) is 13.7. The fourth-order valence-electron chi connectivity index (χ4n) is 4.66. The van der Waals surface area contributed by atoms with Gasteiger partial charge in [-0.1, -0.05) is 12.1 Å². The van der Waals surface area contributed by atoms with Gasteiger partial charge in [-0.25, -0.2) is 4.79 Å². The Balaban J connectivity index is 1.45. The van der Waals surface area contributed by atoms with Gasteiger partial charge in [0, 0.05) is 6.08 Å². The lowest BCUT2D eigenvalue weighted by molar-refractivity contribution is -0.356. The summed E-state index contributed by atoms with van der Waals surface area (Å²) >= 11 is 0. The first-order valence-corrected chi connectivity index (χ1v) is 13.7. The Kier molecular flexibility index (Phi) is 11.0. The van der Waals surface area contributed by atoms with Gasteiger partial charge in [-0.15, -0.1) is 0 Å². The number of carbonyl (C=O) groups is 1. The van der Waals surface area contributed by atoms with Crippen LogP contribution in [0.15, 0.2) is 42.5 Å². The molecule has 2 aromatic carbocycles. The lowest BCUT2D eigenvalue weighted by atomic mass is 9.97.